The van der Waals surface area contributed by atoms with Crippen molar-refractivity contribution in [2.45, 2.75) is 399 Å². The van der Waals surface area contributed by atoms with Crippen LogP contribution in [0.25, 0.3) is 0 Å². The molecule has 0 saturated carbocycles. The summed E-state index contributed by atoms with van der Waals surface area (Å²) in [6.07, 6.45) is 97.7. The molecule has 0 heterocycles. The topological polar surface area (TPSA) is 108 Å². The summed E-state index contributed by atoms with van der Waals surface area (Å²) in [6, 6.07) is 0. The van der Waals surface area contributed by atoms with Gasteiger partial charge in [-0.15, -0.1) is 0 Å². The molecule has 2 atom stereocenters. The molecule has 0 fully saturated rings. The first-order valence-electron chi connectivity index (χ1n) is 40.1. The molecule has 0 rings (SSSR count). The number of unbranched alkanes of at least 4 members (excludes halogenated alkanes) is 48. The van der Waals surface area contributed by atoms with E-state index in [0.717, 1.165) is 70.6 Å². The molecule has 0 aromatic rings. The summed E-state index contributed by atoms with van der Waals surface area (Å²) in [5, 5.41) is 9.77. The molecule has 93 heavy (non-hydrogen) atoms. The van der Waals surface area contributed by atoms with Gasteiger partial charge in [-0.25, -0.2) is 4.79 Å². The number of carboxylic acids is 1. The van der Waals surface area contributed by atoms with Gasteiger partial charge in [-0.2, -0.15) is 0 Å². The van der Waals surface area contributed by atoms with Crippen molar-refractivity contribution in [1.29, 1.82) is 0 Å². The molecule has 1 N–H and O–H groups in total. The predicted molar refractivity (Wildman–Crippen MR) is 401 cm³/mol. The van der Waals surface area contributed by atoms with Crippen molar-refractivity contribution in [2.24, 2.45) is 0 Å². The van der Waals surface area contributed by atoms with Gasteiger partial charge in [0.25, 0.3) is 6.29 Å². The van der Waals surface area contributed by atoms with Gasteiger partial charge < -0.3 is 28.5 Å². The average molecular weight is 1310 g/mol. The fraction of sp³-hybridized carbons (Fsp3) is 0.821. The van der Waals surface area contributed by atoms with Gasteiger partial charge in [0.05, 0.1) is 34.4 Å². The first-order valence-corrected chi connectivity index (χ1v) is 40.1. The van der Waals surface area contributed by atoms with E-state index in [1.165, 1.54) is 289 Å². The number of allylic oxidation sites excluding steroid dienone is 12. The van der Waals surface area contributed by atoms with E-state index in [0.29, 0.717) is 17.4 Å². The van der Waals surface area contributed by atoms with E-state index in [9.17, 15) is 19.5 Å². The van der Waals surface area contributed by atoms with Crippen LogP contribution in [0.2, 0.25) is 0 Å². The maximum Gasteiger partial charge on any atom is 0.361 e. The number of rotatable bonds is 75. The molecule has 0 saturated heterocycles. The first-order chi connectivity index (χ1) is 45.6. The Morgan fingerprint density at radius 1 is 0.333 bits per heavy atom. The van der Waals surface area contributed by atoms with Crippen molar-refractivity contribution in [3.63, 3.8) is 0 Å². The molecule has 0 aromatic heterocycles. The lowest BCUT2D eigenvalue weighted by atomic mass is 10.0. The summed E-state index contributed by atoms with van der Waals surface area (Å²) < 4.78 is 23.1. The molecule has 0 aromatic carbocycles. The van der Waals surface area contributed by atoms with Gasteiger partial charge in [0.2, 0.25) is 0 Å². The Kier molecular flexibility index (Phi) is 71.9. The van der Waals surface area contributed by atoms with Crippen LogP contribution >= 0.6 is 0 Å². The third-order valence-electron chi connectivity index (χ3n) is 17.9. The van der Waals surface area contributed by atoms with Crippen molar-refractivity contribution < 1.29 is 42.9 Å². The van der Waals surface area contributed by atoms with Crippen LogP contribution in [0.1, 0.15) is 386 Å². The molecule has 0 aliphatic carbocycles. The first kappa shape index (κ1) is 89.7. The highest BCUT2D eigenvalue weighted by atomic mass is 16.7. The average Bonchev–Trinajstić information content (AvgIpc) is 3.74. The fourth-order valence-electron chi connectivity index (χ4n) is 11.9. The van der Waals surface area contributed by atoms with Gasteiger partial charge in [0.15, 0.2) is 6.10 Å². The molecule has 0 bridgehead atoms. The third kappa shape index (κ3) is 76.0. The van der Waals surface area contributed by atoms with Crippen LogP contribution in [0, 0.1) is 0 Å². The van der Waals surface area contributed by atoms with Crippen LogP contribution in [0.15, 0.2) is 72.9 Å². The minimum Gasteiger partial charge on any atom is -0.477 e. The van der Waals surface area contributed by atoms with Crippen LogP contribution in [-0.2, 0) is 33.3 Å². The molecule has 0 aliphatic heterocycles. The predicted octanol–water partition coefficient (Wildman–Crippen LogP) is 25.6. The van der Waals surface area contributed by atoms with Gasteiger partial charge in [-0.3, -0.25) is 9.59 Å². The van der Waals surface area contributed by atoms with Crippen LogP contribution in [0.4, 0.5) is 0 Å². The number of carboxylic acid groups (broad SMARTS) is 1. The molecule has 542 valence electrons. The minimum atomic E-state index is -1.51. The zero-order chi connectivity index (χ0) is 67.5. The maximum atomic E-state index is 13.0. The number of likely N-dealkylation sites (N-methyl/N-ethyl adjacent to an activating group) is 1. The number of hydrogen-bond acceptors (Lipinski definition) is 7. The van der Waals surface area contributed by atoms with Crippen molar-refractivity contribution in [2.75, 3.05) is 47.5 Å². The van der Waals surface area contributed by atoms with E-state index in [1.807, 2.05) is 21.1 Å². The molecule has 0 aliphatic rings. The lowest BCUT2D eigenvalue weighted by Crippen LogP contribution is -2.40. The molecule has 2 unspecified atom stereocenters. The minimum absolute atomic E-state index is 0.178. The highest BCUT2D eigenvalue weighted by Gasteiger charge is 2.25. The van der Waals surface area contributed by atoms with Gasteiger partial charge in [0.1, 0.15) is 13.2 Å². The molecule has 0 spiro atoms. The highest BCUT2D eigenvalue weighted by Crippen LogP contribution is 2.19. The summed E-state index contributed by atoms with van der Waals surface area (Å²) >= 11 is 0. The lowest BCUT2D eigenvalue weighted by Gasteiger charge is -2.25. The summed E-state index contributed by atoms with van der Waals surface area (Å²) in [7, 11) is 6.00. The smallest absolute Gasteiger partial charge is 0.361 e. The Morgan fingerprint density at radius 2 is 0.613 bits per heavy atom. The van der Waals surface area contributed by atoms with Crippen molar-refractivity contribution in [3.8, 4) is 0 Å². The van der Waals surface area contributed by atoms with Gasteiger partial charge in [-0.05, 0) is 83.5 Å². The standard InChI is InChI=1S/C84H153NO8/c1-6-8-10-12-14-16-18-20-22-24-26-28-30-32-34-36-38-40-41-43-44-46-48-50-52-54-56-58-60-62-64-66-68-70-72-74-81(86)91-78-80(79-92-84(83(88)89)90-77-76-85(3,4)5)93-82(87)75-73-71-69-67-65-63-61-59-57-55-53-51-49-47-45-42-39-37-35-33-31-29-27-25-23-21-19-17-15-13-11-9-7-2/h9,11,15,17-18,20-21,23-24,26-27,29,80,84H,6-8,10,12-14,16,19,22,25,28,30-79H2,1-5H3/p+1/b11-9-,17-15-,20-18-,23-21-,26-24-,29-27-. The fourth-order valence-corrected chi connectivity index (χ4v) is 11.9. The number of carbonyl (C=O) groups excluding carboxylic acids is 2. The van der Waals surface area contributed by atoms with Crippen molar-refractivity contribution >= 4 is 17.9 Å². The molecular formula is C84H154NO8+. The normalized spacial score (nSPS) is 13.0. The van der Waals surface area contributed by atoms with E-state index in [1.54, 1.807) is 0 Å². The number of ether oxygens (including phenoxy) is 4. The van der Waals surface area contributed by atoms with E-state index >= 15 is 0 Å². The van der Waals surface area contributed by atoms with E-state index < -0.39 is 18.4 Å². The number of carbonyl (C=O) groups is 3. The summed E-state index contributed by atoms with van der Waals surface area (Å²) in [5.41, 5.74) is 0. The Bertz CT molecular complexity index is 1760. The molecular weight excluding hydrogens is 1150 g/mol. The highest BCUT2D eigenvalue weighted by molar-refractivity contribution is 5.71. The van der Waals surface area contributed by atoms with Gasteiger partial charge in [-0.1, -0.05) is 363 Å². The third-order valence-corrected chi connectivity index (χ3v) is 17.9. The second kappa shape index (κ2) is 74.5. The number of esters is 2. The van der Waals surface area contributed by atoms with Gasteiger partial charge >= 0.3 is 17.9 Å². The van der Waals surface area contributed by atoms with Crippen molar-refractivity contribution in [1.82, 2.24) is 0 Å². The Balaban J connectivity index is 3.98. The zero-order valence-electron chi connectivity index (χ0n) is 62.2. The van der Waals surface area contributed by atoms with E-state index in [4.69, 9.17) is 18.9 Å². The lowest BCUT2D eigenvalue weighted by molar-refractivity contribution is -0.870. The summed E-state index contributed by atoms with van der Waals surface area (Å²) in [6.45, 7) is 4.82. The quantitative estimate of drug-likeness (QED) is 0.0211. The molecule has 0 radical (unpaired) electrons. The second-order valence-electron chi connectivity index (χ2n) is 28.3. The number of aliphatic carboxylic acids is 1. The van der Waals surface area contributed by atoms with Gasteiger partial charge in [0, 0.05) is 12.8 Å². The Labute approximate surface area is 577 Å². The molecule has 9 nitrogen and oxygen atoms in total. The molecule has 9 heteroatoms. The number of nitrogens with zero attached hydrogens (tertiary/aromatic N) is 1. The Morgan fingerprint density at radius 3 is 0.914 bits per heavy atom. The van der Waals surface area contributed by atoms with E-state index in [2.05, 4.69) is 86.8 Å². The summed E-state index contributed by atoms with van der Waals surface area (Å²) in [4.78, 5) is 37.7. The van der Waals surface area contributed by atoms with Crippen molar-refractivity contribution in [3.05, 3.63) is 72.9 Å². The zero-order valence-corrected chi connectivity index (χ0v) is 62.2. The van der Waals surface area contributed by atoms with Crippen LogP contribution in [0.5, 0.6) is 0 Å². The number of quaternary nitrogens is 1. The van der Waals surface area contributed by atoms with Crippen LogP contribution in [0.3, 0.4) is 0 Å². The maximum absolute atomic E-state index is 13.0. The van der Waals surface area contributed by atoms with Crippen LogP contribution in [-0.4, -0.2) is 87.4 Å². The summed E-state index contributed by atoms with van der Waals surface area (Å²) in [5.74, 6) is -1.98. The SMILES string of the molecule is CC/C=C\C/C=C\C/C=C\C/C=C\CCCCCCCCCCCCCCCCCCCCCCC(=O)OC(COC(=O)CCCCCCCCCCCCCCCCCCCCCCCCC/C=C\C/C=C\CCCCCCC)COC(OCC[N+](C)(C)C)C(=O)O. The monoisotopic (exact) mass is 1310 g/mol. The number of hydrogen-bond donors (Lipinski definition) is 1. The largest absolute Gasteiger partial charge is 0.477 e. The second-order valence-corrected chi connectivity index (χ2v) is 28.3. The van der Waals surface area contributed by atoms with Crippen LogP contribution < -0.4 is 0 Å². The van der Waals surface area contributed by atoms with E-state index in [-0.39, 0.29) is 38.2 Å². The molecule has 0 amide bonds. The Hall–Kier alpha value is -3.27.